The molecule has 0 radical (unpaired) electrons. The number of nitrogens with zero attached hydrogens (tertiary/aromatic N) is 2. The fourth-order valence-corrected chi connectivity index (χ4v) is 2.12. The molecule has 8 heteroatoms. The van der Waals surface area contributed by atoms with Crippen LogP contribution in [0, 0.1) is 0 Å². The summed E-state index contributed by atoms with van der Waals surface area (Å²) in [5.74, 6) is -1.10. The molecule has 1 aromatic rings. The number of hydrazone groups is 1. The number of amides is 1. The molecule has 4 nitrogen and oxygen atoms in total. The zero-order valence-electron chi connectivity index (χ0n) is 10.3. The molecule has 0 saturated heterocycles. The van der Waals surface area contributed by atoms with Crippen LogP contribution in [0.3, 0.4) is 0 Å². The van der Waals surface area contributed by atoms with E-state index in [1.165, 1.54) is 31.2 Å². The summed E-state index contributed by atoms with van der Waals surface area (Å²) < 4.78 is 39.0. The van der Waals surface area contributed by atoms with E-state index in [4.69, 9.17) is 11.6 Å². The van der Waals surface area contributed by atoms with Crippen LogP contribution in [0.1, 0.15) is 23.7 Å². The van der Waals surface area contributed by atoms with Crippen LogP contribution in [-0.4, -0.2) is 33.6 Å². The maximum atomic E-state index is 13.0. The van der Waals surface area contributed by atoms with Crippen molar-refractivity contribution in [2.75, 3.05) is 0 Å². The highest BCUT2D eigenvalue weighted by Gasteiger charge is 2.62. The summed E-state index contributed by atoms with van der Waals surface area (Å²) in [6.07, 6.45) is -5.81. The normalized spacial score (nSPS) is 22.9. The lowest BCUT2D eigenvalue weighted by atomic mass is 10.1. The molecule has 20 heavy (non-hydrogen) atoms. The maximum absolute atomic E-state index is 13.0. The van der Waals surface area contributed by atoms with Crippen LogP contribution in [0.5, 0.6) is 0 Å². The lowest BCUT2D eigenvalue weighted by Gasteiger charge is -2.32. The Kier molecular flexibility index (Phi) is 3.51. The summed E-state index contributed by atoms with van der Waals surface area (Å²) in [6, 6.07) is 5.63. The van der Waals surface area contributed by atoms with Gasteiger partial charge >= 0.3 is 6.18 Å². The monoisotopic (exact) mass is 306 g/mol. The molecule has 1 aliphatic heterocycles. The van der Waals surface area contributed by atoms with Crippen LogP contribution in [0.2, 0.25) is 5.02 Å². The number of carbonyl (C=O) groups is 1. The van der Waals surface area contributed by atoms with Gasteiger partial charge in [0, 0.05) is 12.1 Å². The quantitative estimate of drug-likeness (QED) is 0.867. The molecule has 1 N–H and O–H groups in total. The highest BCUT2D eigenvalue weighted by atomic mass is 35.5. The molecule has 2 rings (SSSR count). The van der Waals surface area contributed by atoms with Gasteiger partial charge in [-0.15, -0.1) is 0 Å². The van der Waals surface area contributed by atoms with Crippen LogP contribution >= 0.6 is 11.6 Å². The Morgan fingerprint density at radius 2 is 2.05 bits per heavy atom. The van der Waals surface area contributed by atoms with Gasteiger partial charge in [0.1, 0.15) is 0 Å². The second-order valence-corrected chi connectivity index (χ2v) is 4.83. The minimum absolute atomic E-state index is 0.00484. The number of carbonyl (C=O) groups excluding carboxylic acids is 1. The Morgan fingerprint density at radius 3 is 2.60 bits per heavy atom. The topological polar surface area (TPSA) is 52.9 Å². The molecule has 108 valence electrons. The Bertz CT molecular complexity index is 588. The van der Waals surface area contributed by atoms with E-state index in [1.54, 1.807) is 0 Å². The second kappa shape index (κ2) is 4.75. The van der Waals surface area contributed by atoms with Gasteiger partial charge in [-0.1, -0.05) is 23.7 Å². The number of halogens is 4. The number of rotatable bonds is 1. The van der Waals surface area contributed by atoms with Crippen molar-refractivity contribution in [1.29, 1.82) is 0 Å². The highest BCUT2D eigenvalue weighted by molar-refractivity contribution is 6.33. The molecule has 1 amide bonds. The van der Waals surface area contributed by atoms with Crippen LogP contribution in [-0.2, 0) is 0 Å². The van der Waals surface area contributed by atoms with Crippen LogP contribution in [0.25, 0.3) is 0 Å². The van der Waals surface area contributed by atoms with E-state index in [-0.39, 0.29) is 21.3 Å². The third-order valence-corrected chi connectivity index (χ3v) is 3.20. The minimum Gasteiger partial charge on any atom is -0.362 e. The number of alkyl halides is 3. The lowest BCUT2D eigenvalue weighted by Crippen LogP contribution is -2.56. The third kappa shape index (κ3) is 2.27. The van der Waals surface area contributed by atoms with Crippen molar-refractivity contribution in [3.8, 4) is 0 Å². The molecular formula is C12H10ClF3N2O2. The largest absolute Gasteiger partial charge is 0.438 e. The van der Waals surface area contributed by atoms with E-state index in [2.05, 4.69) is 5.10 Å². The van der Waals surface area contributed by atoms with Gasteiger partial charge in [-0.3, -0.25) is 4.79 Å². The number of benzene rings is 1. The van der Waals surface area contributed by atoms with E-state index >= 15 is 0 Å². The minimum atomic E-state index is -5.02. The molecule has 0 aliphatic carbocycles. The van der Waals surface area contributed by atoms with Crippen molar-refractivity contribution in [2.24, 2.45) is 5.10 Å². The molecule has 1 aliphatic rings. The third-order valence-electron chi connectivity index (χ3n) is 2.87. The predicted octanol–water partition coefficient (Wildman–Crippen LogP) is 2.81. The fourth-order valence-electron chi connectivity index (χ4n) is 1.90. The van der Waals surface area contributed by atoms with Crippen molar-refractivity contribution in [2.45, 2.75) is 25.2 Å². The molecule has 0 spiro atoms. The van der Waals surface area contributed by atoms with Gasteiger partial charge in [-0.2, -0.15) is 23.3 Å². The lowest BCUT2D eigenvalue weighted by molar-refractivity contribution is -0.297. The smallest absolute Gasteiger partial charge is 0.362 e. The predicted molar refractivity (Wildman–Crippen MR) is 66.4 cm³/mol. The van der Waals surface area contributed by atoms with Crippen LogP contribution in [0.4, 0.5) is 13.2 Å². The first-order valence-corrected chi connectivity index (χ1v) is 5.97. The van der Waals surface area contributed by atoms with E-state index in [0.717, 1.165) is 0 Å². The molecule has 0 unspecified atom stereocenters. The van der Waals surface area contributed by atoms with Gasteiger partial charge in [0.15, 0.2) is 0 Å². The Morgan fingerprint density at radius 1 is 1.45 bits per heavy atom. The molecule has 0 bridgehead atoms. The van der Waals surface area contributed by atoms with Crippen molar-refractivity contribution in [3.05, 3.63) is 34.9 Å². The molecular weight excluding hydrogens is 297 g/mol. The van der Waals surface area contributed by atoms with Gasteiger partial charge in [-0.25, -0.2) is 0 Å². The summed E-state index contributed by atoms with van der Waals surface area (Å²) in [4.78, 5) is 12.2. The zero-order chi connectivity index (χ0) is 15.1. The van der Waals surface area contributed by atoms with Gasteiger partial charge in [0.2, 0.25) is 0 Å². The first-order valence-electron chi connectivity index (χ1n) is 5.59. The van der Waals surface area contributed by atoms with Gasteiger partial charge in [-0.05, 0) is 19.1 Å². The van der Waals surface area contributed by atoms with Gasteiger partial charge in [0.25, 0.3) is 11.6 Å². The SMILES string of the molecule is CC1=NN(C(=O)c2ccccc2Cl)[C@](O)(C(F)(F)F)C1. The summed E-state index contributed by atoms with van der Waals surface area (Å²) in [7, 11) is 0. The Labute approximate surface area is 117 Å². The summed E-state index contributed by atoms with van der Waals surface area (Å²) >= 11 is 5.78. The number of aliphatic hydroxyl groups is 1. The maximum Gasteiger partial charge on any atom is 0.438 e. The average Bonchev–Trinajstić information content (AvgIpc) is 2.65. The average molecular weight is 307 g/mol. The zero-order valence-corrected chi connectivity index (χ0v) is 11.0. The fraction of sp³-hybridized carbons (Fsp3) is 0.333. The molecule has 0 aromatic heterocycles. The Hall–Kier alpha value is -1.60. The van der Waals surface area contributed by atoms with Crippen LogP contribution < -0.4 is 0 Å². The summed E-state index contributed by atoms with van der Waals surface area (Å²) in [5.41, 5.74) is -3.49. The van der Waals surface area contributed by atoms with E-state index in [0.29, 0.717) is 0 Å². The first-order chi connectivity index (χ1) is 9.17. The molecule has 1 aromatic carbocycles. The molecule has 0 saturated carbocycles. The van der Waals surface area contributed by atoms with Gasteiger partial charge < -0.3 is 5.11 Å². The molecule has 0 fully saturated rings. The summed E-state index contributed by atoms with van der Waals surface area (Å²) in [6.45, 7) is 1.30. The van der Waals surface area contributed by atoms with Crippen LogP contribution in [0.15, 0.2) is 29.4 Å². The van der Waals surface area contributed by atoms with Crippen molar-refractivity contribution < 1.29 is 23.1 Å². The Balaban J connectivity index is 2.45. The van der Waals surface area contributed by atoms with Crippen molar-refractivity contribution >= 4 is 23.2 Å². The van der Waals surface area contributed by atoms with Crippen molar-refractivity contribution in [3.63, 3.8) is 0 Å². The molecule has 1 heterocycles. The van der Waals surface area contributed by atoms with Crippen molar-refractivity contribution in [1.82, 2.24) is 5.01 Å². The molecule has 1 atom stereocenters. The second-order valence-electron chi connectivity index (χ2n) is 4.42. The standard InChI is InChI=1S/C12H10ClF3N2O2/c1-7-6-11(20,12(14,15)16)18(17-7)10(19)8-4-2-3-5-9(8)13/h2-5,20H,6H2,1H3/t11-/m1/s1. The van der Waals surface area contributed by atoms with E-state index in [1.807, 2.05) is 0 Å². The number of hydrogen-bond donors (Lipinski definition) is 1. The van der Waals surface area contributed by atoms with E-state index in [9.17, 15) is 23.1 Å². The first kappa shape index (κ1) is 14.8. The van der Waals surface area contributed by atoms with Gasteiger partial charge in [0.05, 0.1) is 10.6 Å². The number of hydrogen-bond acceptors (Lipinski definition) is 3. The highest BCUT2D eigenvalue weighted by Crippen LogP contribution is 2.41. The van der Waals surface area contributed by atoms with E-state index < -0.39 is 24.2 Å². The summed E-state index contributed by atoms with van der Waals surface area (Å²) in [5, 5.41) is 13.3.